The highest BCUT2D eigenvalue weighted by atomic mass is 19.1. The minimum absolute atomic E-state index is 0.248. The SMILES string of the molecule is COC(=O)c1ccccc1C=C1c2ccc(F)cc2CCc2ncccc21. The molecule has 134 valence electrons. The fraction of sp³-hybridized carbons (Fsp3) is 0.130. The zero-order valence-corrected chi connectivity index (χ0v) is 14.9. The zero-order chi connectivity index (χ0) is 18.8. The topological polar surface area (TPSA) is 39.2 Å². The van der Waals surface area contributed by atoms with Gasteiger partial charge in [0.25, 0.3) is 0 Å². The lowest BCUT2D eigenvalue weighted by Crippen LogP contribution is -2.04. The van der Waals surface area contributed by atoms with Crippen LogP contribution in [0, 0.1) is 5.82 Å². The maximum Gasteiger partial charge on any atom is 0.338 e. The summed E-state index contributed by atoms with van der Waals surface area (Å²) in [7, 11) is 1.37. The molecule has 3 aromatic rings. The van der Waals surface area contributed by atoms with Gasteiger partial charge in [-0.05, 0) is 65.4 Å². The fourth-order valence-electron chi connectivity index (χ4n) is 3.54. The number of aryl methyl sites for hydroxylation is 2. The first-order valence-electron chi connectivity index (χ1n) is 8.79. The molecule has 1 aromatic heterocycles. The number of esters is 1. The van der Waals surface area contributed by atoms with Crippen LogP contribution in [0.4, 0.5) is 4.39 Å². The van der Waals surface area contributed by atoms with Crippen molar-refractivity contribution < 1.29 is 13.9 Å². The number of carbonyl (C=O) groups excluding carboxylic acids is 1. The first kappa shape index (κ1) is 17.2. The number of nitrogens with zero attached hydrogens (tertiary/aromatic N) is 1. The highest BCUT2D eigenvalue weighted by Gasteiger charge is 2.20. The van der Waals surface area contributed by atoms with Crippen LogP contribution in [0.5, 0.6) is 0 Å². The van der Waals surface area contributed by atoms with Crippen LogP contribution in [-0.4, -0.2) is 18.1 Å². The van der Waals surface area contributed by atoms with Crippen LogP contribution >= 0.6 is 0 Å². The predicted octanol–water partition coefficient (Wildman–Crippen LogP) is 4.69. The molecular formula is C23H18FNO2. The molecule has 1 aliphatic rings. The van der Waals surface area contributed by atoms with Crippen LogP contribution in [0.25, 0.3) is 11.6 Å². The largest absolute Gasteiger partial charge is 0.465 e. The van der Waals surface area contributed by atoms with E-state index in [4.69, 9.17) is 4.74 Å². The Labute approximate surface area is 157 Å². The molecule has 1 aliphatic carbocycles. The van der Waals surface area contributed by atoms with Gasteiger partial charge in [-0.2, -0.15) is 0 Å². The Balaban J connectivity index is 1.97. The maximum absolute atomic E-state index is 13.8. The minimum Gasteiger partial charge on any atom is -0.465 e. The molecule has 0 amide bonds. The van der Waals surface area contributed by atoms with Crippen LogP contribution in [0.2, 0.25) is 0 Å². The first-order chi connectivity index (χ1) is 13.2. The van der Waals surface area contributed by atoms with Gasteiger partial charge in [-0.15, -0.1) is 0 Å². The summed E-state index contributed by atoms with van der Waals surface area (Å²) in [6.45, 7) is 0. The number of rotatable bonds is 2. The third-order valence-electron chi connectivity index (χ3n) is 4.83. The third kappa shape index (κ3) is 3.26. The number of pyridine rings is 1. The summed E-state index contributed by atoms with van der Waals surface area (Å²) >= 11 is 0. The summed E-state index contributed by atoms with van der Waals surface area (Å²) < 4.78 is 18.7. The molecule has 0 radical (unpaired) electrons. The lowest BCUT2D eigenvalue weighted by Gasteiger charge is -2.13. The monoisotopic (exact) mass is 359 g/mol. The Morgan fingerprint density at radius 3 is 2.78 bits per heavy atom. The van der Waals surface area contributed by atoms with Crippen molar-refractivity contribution in [3.05, 3.63) is 100 Å². The predicted molar refractivity (Wildman–Crippen MR) is 103 cm³/mol. The van der Waals surface area contributed by atoms with E-state index in [1.54, 1.807) is 30.5 Å². The van der Waals surface area contributed by atoms with Crippen LogP contribution < -0.4 is 0 Å². The number of benzene rings is 2. The van der Waals surface area contributed by atoms with Gasteiger partial charge in [0.1, 0.15) is 5.82 Å². The normalized spacial score (nSPS) is 14.2. The third-order valence-corrected chi connectivity index (χ3v) is 4.83. The van der Waals surface area contributed by atoms with Crippen LogP contribution in [0.3, 0.4) is 0 Å². The average molecular weight is 359 g/mol. The van der Waals surface area contributed by atoms with Crippen molar-refractivity contribution in [3.8, 4) is 0 Å². The molecule has 2 aromatic carbocycles. The van der Waals surface area contributed by atoms with Gasteiger partial charge in [0.05, 0.1) is 12.7 Å². The molecule has 27 heavy (non-hydrogen) atoms. The molecule has 0 unspecified atom stereocenters. The van der Waals surface area contributed by atoms with E-state index in [0.717, 1.165) is 39.9 Å². The highest BCUT2D eigenvalue weighted by Crippen LogP contribution is 2.35. The van der Waals surface area contributed by atoms with E-state index in [9.17, 15) is 9.18 Å². The van der Waals surface area contributed by atoms with Gasteiger partial charge in [-0.1, -0.05) is 30.3 Å². The van der Waals surface area contributed by atoms with Gasteiger partial charge in [0, 0.05) is 17.5 Å². The first-order valence-corrected chi connectivity index (χ1v) is 8.79. The minimum atomic E-state index is -0.387. The number of methoxy groups -OCH3 is 1. The van der Waals surface area contributed by atoms with Gasteiger partial charge in [0.15, 0.2) is 0 Å². The number of fused-ring (bicyclic) bond motifs is 2. The second kappa shape index (κ2) is 7.16. The number of carbonyl (C=O) groups is 1. The Hall–Kier alpha value is -3.27. The van der Waals surface area contributed by atoms with Gasteiger partial charge in [0.2, 0.25) is 0 Å². The van der Waals surface area contributed by atoms with Gasteiger partial charge < -0.3 is 4.74 Å². The van der Waals surface area contributed by atoms with Crippen molar-refractivity contribution >= 4 is 17.6 Å². The molecule has 0 saturated carbocycles. The van der Waals surface area contributed by atoms with E-state index in [1.807, 2.05) is 30.3 Å². The van der Waals surface area contributed by atoms with Crippen LogP contribution in [0.1, 0.15) is 38.3 Å². The van der Waals surface area contributed by atoms with Crippen molar-refractivity contribution in [2.75, 3.05) is 7.11 Å². The molecule has 0 saturated heterocycles. The molecule has 0 bridgehead atoms. The highest BCUT2D eigenvalue weighted by molar-refractivity contribution is 5.99. The second-order valence-electron chi connectivity index (χ2n) is 6.44. The number of hydrogen-bond acceptors (Lipinski definition) is 3. The second-order valence-corrected chi connectivity index (χ2v) is 6.44. The molecule has 0 aliphatic heterocycles. The molecule has 0 fully saturated rings. The molecule has 4 rings (SSSR count). The summed E-state index contributed by atoms with van der Waals surface area (Å²) in [6.07, 6.45) is 5.19. The molecule has 1 heterocycles. The summed E-state index contributed by atoms with van der Waals surface area (Å²) in [4.78, 5) is 16.7. The lowest BCUT2D eigenvalue weighted by atomic mass is 9.92. The summed E-state index contributed by atoms with van der Waals surface area (Å²) in [5.74, 6) is -0.635. The molecule has 0 N–H and O–H groups in total. The van der Waals surface area contributed by atoms with Gasteiger partial charge >= 0.3 is 5.97 Å². The number of halogens is 1. The summed E-state index contributed by atoms with van der Waals surface area (Å²) in [5.41, 5.74) is 6.05. The Bertz CT molecular complexity index is 1060. The summed E-state index contributed by atoms with van der Waals surface area (Å²) in [6, 6.07) is 16.1. The Kier molecular flexibility index (Phi) is 4.55. The van der Waals surface area contributed by atoms with E-state index in [0.29, 0.717) is 12.0 Å². The van der Waals surface area contributed by atoms with Crippen molar-refractivity contribution in [2.24, 2.45) is 0 Å². The lowest BCUT2D eigenvalue weighted by molar-refractivity contribution is 0.0600. The molecule has 0 spiro atoms. The Morgan fingerprint density at radius 1 is 1.07 bits per heavy atom. The van der Waals surface area contributed by atoms with E-state index in [2.05, 4.69) is 4.98 Å². The number of hydrogen-bond donors (Lipinski definition) is 0. The quantitative estimate of drug-likeness (QED) is 0.623. The van der Waals surface area contributed by atoms with Crippen molar-refractivity contribution in [3.63, 3.8) is 0 Å². The molecule has 3 nitrogen and oxygen atoms in total. The van der Waals surface area contributed by atoms with E-state index < -0.39 is 0 Å². The van der Waals surface area contributed by atoms with E-state index in [-0.39, 0.29) is 11.8 Å². The van der Waals surface area contributed by atoms with Crippen LogP contribution in [-0.2, 0) is 17.6 Å². The van der Waals surface area contributed by atoms with Gasteiger partial charge in [-0.25, -0.2) is 9.18 Å². The fourth-order valence-corrected chi connectivity index (χ4v) is 3.54. The smallest absolute Gasteiger partial charge is 0.338 e. The number of ether oxygens (including phenoxy) is 1. The van der Waals surface area contributed by atoms with Crippen molar-refractivity contribution in [1.29, 1.82) is 0 Å². The Morgan fingerprint density at radius 2 is 1.93 bits per heavy atom. The zero-order valence-electron chi connectivity index (χ0n) is 14.9. The maximum atomic E-state index is 13.8. The number of aromatic nitrogens is 1. The average Bonchev–Trinajstić information content (AvgIpc) is 2.85. The molecule has 0 atom stereocenters. The van der Waals surface area contributed by atoms with Crippen molar-refractivity contribution in [1.82, 2.24) is 4.98 Å². The standard InChI is InChI=1S/C23H18FNO2/c1-27-23(26)19-6-3-2-5-15(19)14-21-18-10-9-17(24)13-16(18)8-11-22-20(21)7-4-12-25-22/h2-7,9-10,12-14H,8,11H2,1H3. The van der Waals surface area contributed by atoms with E-state index >= 15 is 0 Å². The van der Waals surface area contributed by atoms with E-state index in [1.165, 1.54) is 13.2 Å². The van der Waals surface area contributed by atoms with Gasteiger partial charge in [-0.3, -0.25) is 4.98 Å². The van der Waals surface area contributed by atoms with Crippen LogP contribution in [0.15, 0.2) is 60.8 Å². The molecule has 4 heteroatoms. The molecular weight excluding hydrogens is 341 g/mol. The summed E-state index contributed by atoms with van der Waals surface area (Å²) in [5, 5.41) is 0. The van der Waals surface area contributed by atoms with Crippen molar-refractivity contribution in [2.45, 2.75) is 12.8 Å².